The Hall–Kier alpha value is -2.02. The van der Waals surface area contributed by atoms with Gasteiger partial charge in [0.25, 0.3) is 5.91 Å². The first-order valence-corrected chi connectivity index (χ1v) is 7.50. The second kappa shape index (κ2) is 5.81. The summed E-state index contributed by atoms with van der Waals surface area (Å²) in [6.07, 6.45) is -0.697. The van der Waals surface area contributed by atoms with Crippen LogP contribution in [0.25, 0.3) is 0 Å². The molecule has 2 aromatic rings. The van der Waals surface area contributed by atoms with Crippen molar-refractivity contribution in [1.29, 1.82) is 0 Å². The highest BCUT2D eigenvalue weighted by Gasteiger charge is 2.49. The standard InChI is InChI=1S/C16H9Cl2F2NO3/c17-8-2-3-9(18)14-13(8)16(24,15(23)21-14)6-12(22)7-1-4-10(19)11(20)5-7/h1-5,24H,6H2,(H,21,23)/t16-/m0/s1. The molecular formula is C16H9Cl2F2NO3. The molecule has 0 saturated heterocycles. The van der Waals surface area contributed by atoms with E-state index in [1.807, 2.05) is 0 Å². The first kappa shape index (κ1) is 16.8. The van der Waals surface area contributed by atoms with Crippen molar-refractivity contribution in [3.8, 4) is 0 Å². The highest BCUT2D eigenvalue weighted by Crippen LogP contribution is 2.46. The molecule has 24 heavy (non-hydrogen) atoms. The zero-order valence-corrected chi connectivity index (χ0v) is 13.4. The van der Waals surface area contributed by atoms with Crippen molar-refractivity contribution in [3.63, 3.8) is 0 Å². The van der Waals surface area contributed by atoms with E-state index in [0.717, 1.165) is 12.1 Å². The van der Waals surface area contributed by atoms with Crippen molar-refractivity contribution in [2.45, 2.75) is 12.0 Å². The SMILES string of the molecule is O=C(C[C@@]1(O)C(=O)Nc2c(Cl)ccc(Cl)c21)c1ccc(F)c(F)c1. The van der Waals surface area contributed by atoms with Gasteiger partial charge >= 0.3 is 0 Å². The Morgan fingerprint density at radius 3 is 2.46 bits per heavy atom. The molecular weight excluding hydrogens is 363 g/mol. The van der Waals surface area contributed by atoms with Crippen molar-refractivity contribution in [2.75, 3.05) is 5.32 Å². The average molecular weight is 372 g/mol. The fourth-order valence-corrected chi connectivity index (χ4v) is 3.10. The van der Waals surface area contributed by atoms with E-state index >= 15 is 0 Å². The van der Waals surface area contributed by atoms with Gasteiger partial charge in [-0.2, -0.15) is 0 Å². The number of halogens is 4. The summed E-state index contributed by atoms with van der Waals surface area (Å²) in [5.74, 6) is -3.94. The molecule has 124 valence electrons. The minimum atomic E-state index is -2.25. The first-order valence-electron chi connectivity index (χ1n) is 6.74. The average Bonchev–Trinajstić information content (AvgIpc) is 2.78. The van der Waals surface area contributed by atoms with Crippen LogP contribution in [0, 0.1) is 11.6 Å². The molecule has 1 aliphatic heterocycles. The molecule has 0 spiro atoms. The van der Waals surface area contributed by atoms with E-state index in [-0.39, 0.29) is 26.9 Å². The maximum atomic E-state index is 13.3. The number of fused-ring (bicyclic) bond motifs is 1. The minimum absolute atomic E-state index is 0.0161. The Bertz CT molecular complexity index is 888. The van der Waals surface area contributed by atoms with Crippen LogP contribution in [-0.2, 0) is 10.4 Å². The van der Waals surface area contributed by atoms with Crippen LogP contribution in [0.4, 0.5) is 14.5 Å². The molecule has 0 bridgehead atoms. The van der Waals surface area contributed by atoms with Crippen LogP contribution in [0.2, 0.25) is 10.0 Å². The van der Waals surface area contributed by atoms with Crippen LogP contribution >= 0.6 is 23.2 Å². The summed E-state index contributed by atoms with van der Waals surface area (Å²) in [5, 5.41) is 13.3. The smallest absolute Gasteiger partial charge is 0.261 e. The van der Waals surface area contributed by atoms with E-state index in [4.69, 9.17) is 23.2 Å². The number of anilines is 1. The summed E-state index contributed by atoms with van der Waals surface area (Å²) < 4.78 is 26.2. The third kappa shape index (κ3) is 2.56. The third-order valence-corrected chi connectivity index (χ3v) is 4.42. The molecule has 1 heterocycles. The van der Waals surface area contributed by atoms with E-state index in [1.165, 1.54) is 12.1 Å². The lowest BCUT2D eigenvalue weighted by Crippen LogP contribution is -2.36. The van der Waals surface area contributed by atoms with Gasteiger partial charge < -0.3 is 10.4 Å². The first-order chi connectivity index (χ1) is 11.2. The number of hydrogen-bond acceptors (Lipinski definition) is 3. The van der Waals surface area contributed by atoms with Crippen molar-refractivity contribution in [3.05, 3.63) is 63.1 Å². The van der Waals surface area contributed by atoms with Gasteiger partial charge in [-0.05, 0) is 30.3 Å². The van der Waals surface area contributed by atoms with Gasteiger partial charge in [0.05, 0.1) is 17.1 Å². The van der Waals surface area contributed by atoms with Crippen LogP contribution < -0.4 is 5.32 Å². The number of aliphatic hydroxyl groups is 1. The number of ketones is 1. The molecule has 2 N–H and O–H groups in total. The third-order valence-electron chi connectivity index (χ3n) is 3.79. The second-order valence-electron chi connectivity index (χ2n) is 5.32. The molecule has 0 aromatic heterocycles. The van der Waals surface area contributed by atoms with E-state index in [2.05, 4.69) is 5.32 Å². The van der Waals surface area contributed by atoms with E-state index in [9.17, 15) is 23.5 Å². The van der Waals surface area contributed by atoms with Crippen molar-refractivity contribution < 1.29 is 23.5 Å². The quantitative estimate of drug-likeness (QED) is 0.808. The normalized spacial score (nSPS) is 19.1. The maximum Gasteiger partial charge on any atom is 0.261 e. The molecule has 4 nitrogen and oxygen atoms in total. The zero-order chi connectivity index (χ0) is 17.6. The number of carbonyl (C=O) groups excluding carboxylic acids is 2. The Morgan fingerprint density at radius 1 is 1.12 bits per heavy atom. The number of carbonyl (C=O) groups is 2. The Labute approximate surface area is 145 Å². The fraction of sp³-hybridized carbons (Fsp3) is 0.125. The lowest BCUT2D eigenvalue weighted by molar-refractivity contribution is -0.133. The van der Waals surface area contributed by atoms with Gasteiger partial charge in [0.15, 0.2) is 23.0 Å². The Balaban J connectivity index is 2.01. The van der Waals surface area contributed by atoms with Crippen LogP contribution in [0.1, 0.15) is 22.3 Å². The molecule has 0 aliphatic carbocycles. The summed E-state index contributed by atoms with van der Waals surface area (Å²) >= 11 is 12.0. The number of nitrogens with one attached hydrogen (secondary N) is 1. The highest BCUT2D eigenvalue weighted by molar-refractivity contribution is 6.38. The molecule has 1 atom stereocenters. The molecule has 1 aliphatic rings. The summed E-state index contributed by atoms with van der Waals surface area (Å²) in [7, 11) is 0. The molecule has 8 heteroatoms. The van der Waals surface area contributed by atoms with E-state index < -0.39 is 35.3 Å². The summed E-state index contributed by atoms with van der Waals surface area (Å²) in [6.45, 7) is 0. The van der Waals surface area contributed by atoms with Crippen LogP contribution in [-0.4, -0.2) is 16.8 Å². The van der Waals surface area contributed by atoms with Gasteiger partial charge in [0, 0.05) is 16.1 Å². The Kier molecular flexibility index (Phi) is 4.07. The molecule has 2 aromatic carbocycles. The monoisotopic (exact) mass is 371 g/mol. The summed E-state index contributed by atoms with van der Waals surface area (Å²) in [6, 6.07) is 5.38. The van der Waals surface area contributed by atoms with Crippen LogP contribution in [0.3, 0.4) is 0 Å². The van der Waals surface area contributed by atoms with Gasteiger partial charge in [-0.1, -0.05) is 23.2 Å². The number of Topliss-reactive ketones (excluding diaryl/α,β-unsaturated/α-hetero) is 1. The van der Waals surface area contributed by atoms with Crippen molar-refractivity contribution >= 4 is 40.6 Å². The topological polar surface area (TPSA) is 66.4 Å². The van der Waals surface area contributed by atoms with Gasteiger partial charge in [0.2, 0.25) is 0 Å². The van der Waals surface area contributed by atoms with E-state index in [1.54, 1.807) is 0 Å². The van der Waals surface area contributed by atoms with Gasteiger partial charge in [0.1, 0.15) is 0 Å². The highest BCUT2D eigenvalue weighted by atomic mass is 35.5. The molecule has 0 radical (unpaired) electrons. The predicted molar refractivity (Wildman–Crippen MR) is 84.3 cm³/mol. The lowest BCUT2D eigenvalue weighted by Gasteiger charge is -2.21. The number of benzene rings is 2. The van der Waals surface area contributed by atoms with Gasteiger partial charge in [-0.15, -0.1) is 0 Å². The number of amides is 1. The maximum absolute atomic E-state index is 13.3. The minimum Gasteiger partial charge on any atom is -0.375 e. The predicted octanol–water partition coefficient (Wildman–Crippen LogP) is 3.68. The largest absolute Gasteiger partial charge is 0.375 e. The second-order valence-corrected chi connectivity index (χ2v) is 6.14. The molecule has 1 amide bonds. The van der Waals surface area contributed by atoms with Gasteiger partial charge in [-0.25, -0.2) is 8.78 Å². The lowest BCUT2D eigenvalue weighted by atomic mass is 9.88. The van der Waals surface area contributed by atoms with Crippen molar-refractivity contribution in [2.24, 2.45) is 0 Å². The number of rotatable bonds is 3. The molecule has 0 unspecified atom stereocenters. The van der Waals surface area contributed by atoms with Crippen molar-refractivity contribution in [1.82, 2.24) is 0 Å². The summed E-state index contributed by atoms with van der Waals surface area (Å²) in [5.41, 5.74) is -2.33. The van der Waals surface area contributed by atoms with Gasteiger partial charge in [-0.3, -0.25) is 9.59 Å². The molecule has 0 saturated carbocycles. The fourth-order valence-electron chi connectivity index (χ4n) is 2.58. The zero-order valence-electron chi connectivity index (χ0n) is 11.9. The van der Waals surface area contributed by atoms with Crippen LogP contribution in [0.15, 0.2) is 30.3 Å². The van der Waals surface area contributed by atoms with Crippen LogP contribution in [0.5, 0.6) is 0 Å². The number of hydrogen-bond donors (Lipinski definition) is 2. The molecule has 0 fully saturated rings. The van der Waals surface area contributed by atoms with E-state index in [0.29, 0.717) is 6.07 Å². The Morgan fingerprint density at radius 2 is 1.79 bits per heavy atom. The molecule has 3 rings (SSSR count). The summed E-state index contributed by atoms with van der Waals surface area (Å²) in [4.78, 5) is 24.5.